The third-order valence-electron chi connectivity index (χ3n) is 2.37. The SMILES string of the molecule is Cc1nnc(Sc2ccc(C(F)(F)F)cc2N)n1N. The summed E-state index contributed by atoms with van der Waals surface area (Å²) in [5.74, 6) is 6.14. The molecule has 0 aliphatic heterocycles. The Morgan fingerprint density at radius 1 is 1.26 bits per heavy atom. The van der Waals surface area contributed by atoms with Crippen molar-refractivity contribution in [2.24, 2.45) is 0 Å². The molecule has 0 atom stereocenters. The molecule has 0 fully saturated rings. The van der Waals surface area contributed by atoms with E-state index < -0.39 is 11.7 Å². The summed E-state index contributed by atoms with van der Waals surface area (Å²) >= 11 is 1.05. The van der Waals surface area contributed by atoms with Crippen molar-refractivity contribution in [1.29, 1.82) is 0 Å². The molecule has 102 valence electrons. The first-order chi connectivity index (χ1) is 8.79. The molecule has 0 aliphatic carbocycles. The number of nitrogens with two attached hydrogens (primary N) is 2. The zero-order chi connectivity index (χ0) is 14.2. The van der Waals surface area contributed by atoms with Crippen LogP contribution < -0.4 is 11.6 Å². The van der Waals surface area contributed by atoms with Crippen molar-refractivity contribution in [1.82, 2.24) is 14.9 Å². The molecule has 0 radical (unpaired) electrons. The molecule has 0 aliphatic rings. The molecule has 19 heavy (non-hydrogen) atoms. The minimum atomic E-state index is -4.41. The van der Waals surface area contributed by atoms with Crippen molar-refractivity contribution < 1.29 is 13.2 Å². The van der Waals surface area contributed by atoms with Crippen LogP contribution in [0, 0.1) is 6.92 Å². The highest BCUT2D eigenvalue weighted by atomic mass is 32.2. The van der Waals surface area contributed by atoms with E-state index in [-0.39, 0.29) is 5.69 Å². The Morgan fingerprint density at radius 2 is 1.95 bits per heavy atom. The summed E-state index contributed by atoms with van der Waals surface area (Å²) in [6.07, 6.45) is -4.41. The average Bonchev–Trinajstić information content (AvgIpc) is 2.62. The van der Waals surface area contributed by atoms with Crippen LogP contribution in [-0.2, 0) is 6.18 Å². The molecule has 1 aromatic heterocycles. The zero-order valence-electron chi connectivity index (χ0n) is 9.77. The van der Waals surface area contributed by atoms with Crippen molar-refractivity contribution >= 4 is 17.4 Å². The minimum Gasteiger partial charge on any atom is -0.398 e. The predicted molar refractivity (Wildman–Crippen MR) is 64.9 cm³/mol. The Kier molecular flexibility index (Phi) is 3.31. The first kappa shape index (κ1) is 13.5. The second-order valence-electron chi connectivity index (χ2n) is 3.75. The Balaban J connectivity index is 2.30. The van der Waals surface area contributed by atoms with Gasteiger partial charge in [0.05, 0.1) is 5.56 Å². The van der Waals surface area contributed by atoms with Gasteiger partial charge in [-0.3, -0.25) is 0 Å². The smallest absolute Gasteiger partial charge is 0.398 e. The van der Waals surface area contributed by atoms with E-state index in [1.807, 2.05) is 0 Å². The van der Waals surface area contributed by atoms with Crippen LogP contribution in [0.25, 0.3) is 0 Å². The quantitative estimate of drug-likeness (QED) is 0.653. The number of benzene rings is 1. The van der Waals surface area contributed by atoms with Crippen molar-refractivity contribution in [2.45, 2.75) is 23.2 Å². The maximum absolute atomic E-state index is 12.5. The van der Waals surface area contributed by atoms with Crippen molar-refractivity contribution in [3.8, 4) is 0 Å². The molecule has 1 heterocycles. The number of aryl methyl sites for hydroxylation is 1. The Bertz CT molecular complexity index is 608. The fourth-order valence-corrected chi connectivity index (χ4v) is 2.16. The Morgan fingerprint density at radius 3 is 2.42 bits per heavy atom. The molecule has 2 aromatic rings. The van der Waals surface area contributed by atoms with Gasteiger partial charge in [0.15, 0.2) is 0 Å². The van der Waals surface area contributed by atoms with Gasteiger partial charge in [-0.1, -0.05) is 0 Å². The largest absolute Gasteiger partial charge is 0.416 e. The van der Waals surface area contributed by atoms with E-state index in [4.69, 9.17) is 11.6 Å². The Labute approximate surface area is 110 Å². The van der Waals surface area contributed by atoms with Crippen LogP contribution >= 0.6 is 11.8 Å². The number of nitrogen functional groups attached to an aromatic ring is 2. The number of hydrogen-bond acceptors (Lipinski definition) is 5. The van der Waals surface area contributed by atoms with E-state index in [2.05, 4.69) is 10.2 Å². The number of anilines is 1. The topological polar surface area (TPSA) is 82.8 Å². The maximum atomic E-state index is 12.5. The van der Waals surface area contributed by atoms with Gasteiger partial charge < -0.3 is 11.6 Å². The zero-order valence-corrected chi connectivity index (χ0v) is 10.6. The first-order valence-electron chi connectivity index (χ1n) is 5.10. The molecule has 0 unspecified atom stereocenters. The van der Waals surface area contributed by atoms with Gasteiger partial charge in [0.2, 0.25) is 5.16 Å². The van der Waals surface area contributed by atoms with E-state index in [0.29, 0.717) is 15.9 Å². The van der Waals surface area contributed by atoms with Crippen LogP contribution in [0.4, 0.5) is 18.9 Å². The summed E-state index contributed by atoms with van der Waals surface area (Å²) in [5.41, 5.74) is 4.83. The van der Waals surface area contributed by atoms with Gasteiger partial charge in [-0.2, -0.15) is 13.2 Å². The van der Waals surface area contributed by atoms with E-state index in [1.54, 1.807) is 6.92 Å². The lowest BCUT2D eigenvalue weighted by molar-refractivity contribution is -0.137. The fourth-order valence-electron chi connectivity index (χ4n) is 1.34. The van der Waals surface area contributed by atoms with Gasteiger partial charge in [0, 0.05) is 10.6 Å². The van der Waals surface area contributed by atoms with Crippen molar-refractivity contribution in [3.05, 3.63) is 29.6 Å². The third kappa shape index (κ3) is 2.75. The summed E-state index contributed by atoms with van der Waals surface area (Å²) in [6, 6.07) is 3.13. The average molecular weight is 289 g/mol. The number of rotatable bonds is 2. The summed E-state index contributed by atoms with van der Waals surface area (Å²) in [7, 11) is 0. The molecule has 0 bridgehead atoms. The van der Waals surface area contributed by atoms with E-state index >= 15 is 0 Å². The normalized spacial score (nSPS) is 11.8. The maximum Gasteiger partial charge on any atom is 0.416 e. The van der Waals surface area contributed by atoms with E-state index in [1.165, 1.54) is 10.7 Å². The van der Waals surface area contributed by atoms with Crippen LogP contribution in [0.1, 0.15) is 11.4 Å². The summed E-state index contributed by atoms with van der Waals surface area (Å²) in [6.45, 7) is 1.66. The van der Waals surface area contributed by atoms with E-state index in [9.17, 15) is 13.2 Å². The molecule has 0 amide bonds. The summed E-state index contributed by atoms with van der Waals surface area (Å²) < 4.78 is 38.7. The fraction of sp³-hybridized carbons (Fsp3) is 0.200. The molecule has 0 saturated heterocycles. The van der Waals surface area contributed by atoms with Gasteiger partial charge in [0.1, 0.15) is 5.82 Å². The van der Waals surface area contributed by atoms with Crippen molar-refractivity contribution in [2.75, 3.05) is 11.6 Å². The molecular weight excluding hydrogens is 279 g/mol. The molecule has 0 spiro atoms. The number of nitrogens with zero attached hydrogens (tertiary/aromatic N) is 3. The lowest BCUT2D eigenvalue weighted by Crippen LogP contribution is -2.11. The van der Waals surface area contributed by atoms with E-state index in [0.717, 1.165) is 23.9 Å². The van der Waals surface area contributed by atoms with Crippen LogP contribution in [-0.4, -0.2) is 14.9 Å². The van der Waals surface area contributed by atoms with Crippen LogP contribution in [0.15, 0.2) is 28.3 Å². The number of hydrogen-bond donors (Lipinski definition) is 2. The molecule has 1 aromatic carbocycles. The summed E-state index contributed by atoms with van der Waals surface area (Å²) in [5, 5.41) is 7.89. The lowest BCUT2D eigenvalue weighted by Gasteiger charge is -2.10. The van der Waals surface area contributed by atoms with Crippen LogP contribution in [0.3, 0.4) is 0 Å². The first-order valence-corrected chi connectivity index (χ1v) is 5.92. The van der Waals surface area contributed by atoms with Gasteiger partial charge in [-0.15, -0.1) is 10.2 Å². The third-order valence-corrected chi connectivity index (χ3v) is 3.43. The monoisotopic (exact) mass is 289 g/mol. The number of aromatic nitrogens is 3. The molecular formula is C10H10F3N5S. The van der Waals surface area contributed by atoms with Crippen LogP contribution in [0.2, 0.25) is 0 Å². The molecule has 9 heteroatoms. The standard InChI is InChI=1S/C10H10F3N5S/c1-5-16-17-9(18(5)15)19-8-3-2-6(4-7(8)14)10(11,12)13/h2-4H,14-15H2,1H3. The molecule has 5 nitrogen and oxygen atoms in total. The highest BCUT2D eigenvalue weighted by Gasteiger charge is 2.30. The lowest BCUT2D eigenvalue weighted by atomic mass is 10.2. The second kappa shape index (κ2) is 4.65. The van der Waals surface area contributed by atoms with Crippen LogP contribution in [0.5, 0.6) is 0 Å². The second-order valence-corrected chi connectivity index (χ2v) is 4.76. The van der Waals surface area contributed by atoms with Gasteiger partial charge >= 0.3 is 6.18 Å². The predicted octanol–water partition coefficient (Wildman–Crippen LogP) is 2.05. The highest BCUT2D eigenvalue weighted by Crippen LogP contribution is 2.36. The number of alkyl halides is 3. The van der Waals surface area contributed by atoms with Gasteiger partial charge in [0.25, 0.3) is 0 Å². The number of halogens is 3. The molecule has 0 saturated carbocycles. The van der Waals surface area contributed by atoms with Gasteiger partial charge in [-0.25, -0.2) is 4.68 Å². The highest BCUT2D eigenvalue weighted by molar-refractivity contribution is 7.99. The molecule has 4 N–H and O–H groups in total. The minimum absolute atomic E-state index is 0.0143. The summed E-state index contributed by atoms with van der Waals surface area (Å²) in [4.78, 5) is 0.437. The van der Waals surface area contributed by atoms with Crippen molar-refractivity contribution in [3.63, 3.8) is 0 Å². The molecule has 2 rings (SSSR count). The van der Waals surface area contributed by atoms with Gasteiger partial charge in [-0.05, 0) is 36.9 Å². The Hall–Kier alpha value is -1.90.